The van der Waals surface area contributed by atoms with Gasteiger partial charge < -0.3 is 35.0 Å². The first kappa shape index (κ1) is 85.5. The number of carbonyl (C=O) groups is 1. The van der Waals surface area contributed by atoms with Crippen LogP contribution in [0.2, 0.25) is 0 Å². The fourth-order valence-corrected chi connectivity index (χ4v) is 7.87. The van der Waals surface area contributed by atoms with E-state index in [-0.39, 0.29) is 149 Å². The molecule has 0 spiro atoms. The Morgan fingerprint density at radius 1 is 0.379 bits per heavy atom. The number of nitrogens with zero attached hydrogens (tertiary/aromatic N) is 6. The Bertz CT molecular complexity index is 4110. The van der Waals surface area contributed by atoms with Gasteiger partial charge in [0.1, 0.15) is 0 Å². The molecule has 6 radical (unpaired) electrons. The third kappa shape index (κ3) is 30.0. The summed E-state index contributed by atoms with van der Waals surface area (Å²) in [5, 5.41) is 10.7. The first-order valence-electron chi connectivity index (χ1n) is 27.4. The van der Waals surface area contributed by atoms with Crippen LogP contribution in [0.25, 0.3) is 78.3 Å². The normalized spacial score (nSPS) is 9.54. The molecule has 13 rings (SSSR count). The summed E-state index contributed by atoms with van der Waals surface area (Å²) in [6.07, 6.45) is 11.4. The zero-order valence-corrected chi connectivity index (χ0v) is 64.8. The van der Waals surface area contributed by atoms with E-state index in [4.69, 9.17) is 5.11 Å². The number of hydrogen-bond acceptors (Lipinski definition) is 8. The van der Waals surface area contributed by atoms with Gasteiger partial charge in [0.15, 0.2) is 5.78 Å². The number of aliphatic hydroxyl groups is 1. The summed E-state index contributed by atoms with van der Waals surface area (Å²) in [5.74, 6) is -2.91. The van der Waals surface area contributed by atoms with Crippen LogP contribution in [0.5, 0.6) is 0 Å². The molecular formula is C76H55F5Ir6N6O2-6. The van der Waals surface area contributed by atoms with Crippen molar-refractivity contribution in [1.29, 1.82) is 0 Å². The minimum Gasteiger partial charge on any atom is -0.512 e. The number of fused-ring (bicyclic) bond motifs is 1. The smallest absolute Gasteiger partial charge is 0.155 e. The quantitative estimate of drug-likeness (QED) is 0.0726. The van der Waals surface area contributed by atoms with E-state index in [1.165, 1.54) is 42.8 Å². The molecule has 0 fully saturated rings. The van der Waals surface area contributed by atoms with Gasteiger partial charge in [-0.05, 0) is 102 Å². The van der Waals surface area contributed by atoms with Gasteiger partial charge in [0, 0.05) is 193 Å². The first-order chi connectivity index (χ1) is 43.3. The van der Waals surface area contributed by atoms with Crippen molar-refractivity contribution >= 4 is 16.6 Å². The fourth-order valence-electron chi connectivity index (χ4n) is 7.87. The van der Waals surface area contributed by atoms with E-state index in [2.05, 4.69) is 78.4 Å². The van der Waals surface area contributed by atoms with Crippen LogP contribution in [-0.2, 0) is 125 Å². The molecule has 0 atom stereocenters. The molecule has 0 saturated carbocycles. The van der Waals surface area contributed by atoms with E-state index in [1.807, 2.05) is 165 Å². The predicted molar refractivity (Wildman–Crippen MR) is 340 cm³/mol. The molecule has 6 heterocycles. The van der Waals surface area contributed by atoms with Crippen molar-refractivity contribution in [1.82, 2.24) is 29.9 Å². The van der Waals surface area contributed by atoms with Gasteiger partial charge in [0.25, 0.3) is 0 Å². The second-order valence-corrected chi connectivity index (χ2v) is 18.7. The average molecular weight is 2330 g/mol. The van der Waals surface area contributed by atoms with E-state index in [0.717, 1.165) is 74.9 Å². The number of hydrogen-bond donors (Lipinski definition) is 1. The summed E-state index contributed by atoms with van der Waals surface area (Å²) in [4.78, 5) is 35.0. The van der Waals surface area contributed by atoms with Gasteiger partial charge in [-0.2, -0.15) is 0 Å². The molecule has 0 aliphatic heterocycles. The molecule has 0 saturated heterocycles. The van der Waals surface area contributed by atoms with Crippen LogP contribution in [0.4, 0.5) is 22.0 Å². The molecule has 6 aromatic heterocycles. The Hall–Kier alpha value is -7.54. The zero-order chi connectivity index (χ0) is 63.0. The third-order valence-corrected chi connectivity index (χ3v) is 11.9. The van der Waals surface area contributed by atoms with Crippen LogP contribution < -0.4 is 0 Å². The Morgan fingerprint density at radius 3 is 1.17 bits per heavy atom. The van der Waals surface area contributed by atoms with Gasteiger partial charge in [0.05, 0.1) is 5.76 Å². The van der Waals surface area contributed by atoms with Gasteiger partial charge in [-0.25, -0.2) is 0 Å². The van der Waals surface area contributed by atoms with Gasteiger partial charge in [-0.15, -0.1) is 162 Å². The number of ketones is 1. The van der Waals surface area contributed by atoms with E-state index in [1.54, 1.807) is 61.3 Å². The molecule has 1 N–H and O–H groups in total. The van der Waals surface area contributed by atoms with Crippen molar-refractivity contribution in [3.8, 4) is 67.5 Å². The van der Waals surface area contributed by atoms with E-state index in [9.17, 15) is 26.7 Å². The van der Waals surface area contributed by atoms with Crippen molar-refractivity contribution in [3.63, 3.8) is 0 Å². The van der Waals surface area contributed by atoms with Gasteiger partial charge >= 0.3 is 0 Å². The van der Waals surface area contributed by atoms with E-state index < -0.39 is 23.3 Å². The van der Waals surface area contributed by atoms with Crippen molar-refractivity contribution < 1.29 is 152 Å². The maximum absolute atomic E-state index is 13.4. The van der Waals surface area contributed by atoms with Crippen molar-refractivity contribution in [3.05, 3.63) is 351 Å². The van der Waals surface area contributed by atoms with E-state index >= 15 is 0 Å². The Balaban J connectivity index is 0.000000553. The second-order valence-electron chi connectivity index (χ2n) is 18.7. The average Bonchev–Trinajstić information content (AvgIpc) is 0.959. The summed E-state index contributed by atoms with van der Waals surface area (Å²) in [6, 6.07) is 85.4. The monoisotopic (exact) mass is 2340 g/mol. The zero-order valence-electron chi connectivity index (χ0n) is 50.4. The largest absolute Gasteiger partial charge is 0.512 e. The molecule has 95 heavy (non-hydrogen) atoms. The number of aliphatic hydroxyl groups excluding tert-OH is 1. The molecule has 0 amide bonds. The predicted octanol–water partition coefficient (Wildman–Crippen LogP) is 18.5. The summed E-state index contributed by atoms with van der Waals surface area (Å²) in [5.41, 5.74) is 9.94. The maximum atomic E-state index is 13.4. The summed E-state index contributed by atoms with van der Waals surface area (Å²) >= 11 is 0. The van der Waals surface area contributed by atoms with E-state index in [0.29, 0.717) is 11.4 Å². The number of halogens is 5. The van der Waals surface area contributed by atoms with Gasteiger partial charge in [-0.1, -0.05) is 108 Å². The third-order valence-electron chi connectivity index (χ3n) is 11.9. The standard InChI is InChI=1S/C15H10N.C12H8F2N.C11H6F2N.C11H7FN.2C11H8N.C5H8O2.6Ir/c1-2-7-13(8-3-1)15-14-9-5-4-6-12(14)10-11-16-15;1-8-4-5-15-12(6-8)10-3-2-9(13)7-11(10)14;12-8-4-5-9(10(13)7-8)11-3-1-2-6-14-11;12-10-6-4-9(5-7-10)11-3-1-2-8-13-11;2*1-2-6-10(7-3-1)11-8-4-5-9-12-11;1-4(6)3-5(2)7;;;;;;/h1-7,9-11H;2,4-7H,1H3;1-4,6-7H;1-4,6-8H;2*1-6,8-9H;3,6H,1-2H3;;;;;;/q6*-1;;;;;;;. The molecule has 0 aliphatic carbocycles. The Kier molecular flexibility index (Phi) is 42.6. The van der Waals surface area contributed by atoms with Gasteiger partial charge in [0.2, 0.25) is 0 Å². The molecule has 7 aromatic carbocycles. The van der Waals surface area contributed by atoms with Crippen LogP contribution in [0, 0.1) is 72.4 Å². The summed E-state index contributed by atoms with van der Waals surface area (Å²) < 4.78 is 64.4. The van der Waals surface area contributed by atoms with Crippen LogP contribution in [0.15, 0.2) is 280 Å². The minimum atomic E-state index is -0.649. The van der Waals surface area contributed by atoms with Gasteiger partial charge in [-0.3, -0.25) is 26.7 Å². The Labute approximate surface area is 631 Å². The maximum Gasteiger partial charge on any atom is 0.155 e. The Morgan fingerprint density at radius 2 is 0.779 bits per heavy atom. The number of benzene rings is 7. The second kappa shape index (κ2) is 47.4. The number of aromatic nitrogens is 6. The number of rotatable bonds is 7. The van der Waals surface area contributed by atoms with Crippen molar-refractivity contribution in [2.75, 3.05) is 0 Å². The SMILES string of the molecule is CC(=O)C=C(C)O.Cc1ccnc(-c2[c-]cc(F)cc2F)c1.Fc1c[c-]c(-c2ccccn2)c(F)c1.Fc1c[c-]c(-c2ccccn2)cc1.[Ir].[Ir].[Ir].[Ir].[Ir].[Ir].[c-]1ccccc1-c1ccccn1.[c-]1ccccc1-c1ccccn1.[c-]1ccccc1-c1nccc2ccccc12. The summed E-state index contributed by atoms with van der Waals surface area (Å²) in [7, 11) is 0. The molecule has 8 nitrogen and oxygen atoms in total. The molecule has 13 aromatic rings. The number of aryl methyl sites for hydroxylation is 1. The molecular weight excluding hydrogens is 2280 g/mol. The molecule has 0 aliphatic rings. The molecule has 0 unspecified atom stereocenters. The van der Waals surface area contributed by atoms with Crippen molar-refractivity contribution in [2.45, 2.75) is 20.8 Å². The number of allylic oxidation sites excluding steroid dienone is 2. The summed E-state index contributed by atoms with van der Waals surface area (Å²) in [6.45, 7) is 4.73. The van der Waals surface area contributed by atoms with Crippen molar-refractivity contribution in [2.24, 2.45) is 0 Å². The fraction of sp³-hybridized carbons (Fsp3) is 0.0395. The number of carbonyl (C=O) groups excluding carboxylic acids is 1. The van der Waals surface area contributed by atoms with Crippen LogP contribution in [0.1, 0.15) is 19.4 Å². The topological polar surface area (TPSA) is 115 Å². The van der Waals surface area contributed by atoms with Crippen LogP contribution in [-0.4, -0.2) is 40.8 Å². The van der Waals surface area contributed by atoms with Crippen LogP contribution in [0.3, 0.4) is 0 Å². The molecule has 496 valence electrons. The first-order valence-corrected chi connectivity index (χ1v) is 27.4. The molecule has 19 heteroatoms. The minimum absolute atomic E-state index is 0. The van der Waals surface area contributed by atoms with Crippen LogP contribution >= 0.6 is 0 Å². The molecule has 0 bridgehead atoms. The number of pyridine rings is 6.